The van der Waals surface area contributed by atoms with Crippen molar-refractivity contribution < 1.29 is 4.79 Å². The van der Waals surface area contributed by atoms with E-state index in [0.29, 0.717) is 0 Å². The van der Waals surface area contributed by atoms with E-state index in [1.54, 1.807) is 6.20 Å². The molecule has 0 fully saturated rings. The molecule has 2 heterocycles. The van der Waals surface area contributed by atoms with Crippen molar-refractivity contribution in [1.82, 2.24) is 14.9 Å². The minimum absolute atomic E-state index is 0.117. The van der Waals surface area contributed by atoms with Crippen molar-refractivity contribution >= 4 is 5.91 Å². The number of aromatic nitrogens is 2. The minimum Gasteiger partial charge on any atom is -0.363 e. The predicted octanol–water partition coefficient (Wildman–Crippen LogP) is 0.980. The zero-order valence-corrected chi connectivity index (χ0v) is 11.2. The van der Waals surface area contributed by atoms with Crippen LogP contribution in [-0.4, -0.2) is 33.9 Å². The molecule has 2 N–H and O–H groups in total. The van der Waals surface area contributed by atoms with E-state index >= 15 is 0 Å². The van der Waals surface area contributed by atoms with Crippen molar-refractivity contribution in [3.05, 3.63) is 23.3 Å². The average molecular weight is 248 g/mol. The van der Waals surface area contributed by atoms with Crippen LogP contribution in [0.3, 0.4) is 0 Å². The number of hydrogen-bond acceptors (Lipinski definition) is 4. The molecular formula is C13H20N4O. The third-order valence-electron chi connectivity index (χ3n) is 2.94. The lowest BCUT2D eigenvalue weighted by Gasteiger charge is -2.33. The molecule has 1 aromatic rings. The van der Waals surface area contributed by atoms with E-state index in [9.17, 15) is 4.79 Å². The van der Waals surface area contributed by atoms with Crippen LogP contribution in [-0.2, 0) is 13.0 Å². The number of carbonyl (C=O) groups is 1. The lowest BCUT2D eigenvalue weighted by molar-refractivity contribution is 0.0989. The Balaban J connectivity index is 2.17. The number of rotatable bonds is 2. The molecule has 0 saturated heterocycles. The molecule has 5 nitrogen and oxygen atoms in total. The summed E-state index contributed by atoms with van der Waals surface area (Å²) < 4.78 is 0. The first kappa shape index (κ1) is 13.0. The zero-order chi connectivity index (χ0) is 13.3. The molecule has 0 atom stereocenters. The Labute approximate surface area is 107 Å². The van der Waals surface area contributed by atoms with Crippen molar-refractivity contribution in [1.29, 1.82) is 0 Å². The second kappa shape index (κ2) is 4.65. The van der Waals surface area contributed by atoms with E-state index in [4.69, 9.17) is 5.73 Å². The number of carbonyl (C=O) groups excluding carboxylic acids is 1. The number of fused-ring (bicyclic) bond motifs is 1. The van der Waals surface area contributed by atoms with Gasteiger partial charge in [0, 0.05) is 25.8 Å². The van der Waals surface area contributed by atoms with Crippen molar-refractivity contribution in [2.24, 2.45) is 11.1 Å². The summed E-state index contributed by atoms with van der Waals surface area (Å²) in [5.74, 6) is -0.447. The predicted molar refractivity (Wildman–Crippen MR) is 69.0 cm³/mol. The zero-order valence-electron chi connectivity index (χ0n) is 11.2. The van der Waals surface area contributed by atoms with E-state index in [-0.39, 0.29) is 11.2 Å². The Morgan fingerprint density at radius 2 is 2.22 bits per heavy atom. The summed E-state index contributed by atoms with van der Waals surface area (Å²) in [6.45, 7) is 9.47. The third kappa shape index (κ3) is 3.04. The number of amides is 1. The average Bonchev–Trinajstić information content (AvgIpc) is 2.25. The van der Waals surface area contributed by atoms with Crippen molar-refractivity contribution in [2.45, 2.75) is 33.7 Å². The van der Waals surface area contributed by atoms with Crippen LogP contribution in [0.1, 0.15) is 42.6 Å². The quantitative estimate of drug-likeness (QED) is 0.846. The molecule has 0 aliphatic carbocycles. The number of nitrogens with two attached hydrogens (primary N) is 1. The van der Waals surface area contributed by atoms with Crippen LogP contribution in [0.5, 0.6) is 0 Å². The van der Waals surface area contributed by atoms with Crippen molar-refractivity contribution in [3.8, 4) is 0 Å². The van der Waals surface area contributed by atoms with E-state index in [2.05, 4.69) is 35.6 Å². The van der Waals surface area contributed by atoms with Crippen LogP contribution in [0.2, 0.25) is 0 Å². The fourth-order valence-corrected chi connectivity index (χ4v) is 2.28. The maximum atomic E-state index is 11.1. The van der Waals surface area contributed by atoms with Crippen molar-refractivity contribution in [3.63, 3.8) is 0 Å². The van der Waals surface area contributed by atoms with E-state index < -0.39 is 5.91 Å². The van der Waals surface area contributed by atoms with Crippen LogP contribution in [0.15, 0.2) is 6.20 Å². The summed E-state index contributed by atoms with van der Waals surface area (Å²) in [7, 11) is 0. The fourth-order valence-electron chi connectivity index (χ4n) is 2.28. The Morgan fingerprint density at radius 1 is 1.50 bits per heavy atom. The molecule has 0 aromatic carbocycles. The Bertz CT molecular complexity index is 465. The highest BCUT2D eigenvalue weighted by Crippen LogP contribution is 2.21. The van der Waals surface area contributed by atoms with Gasteiger partial charge < -0.3 is 5.73 Å². The Kier molecular flexibility index (Phi) is 3.34. The first-order valence-electron chi connectivity index (χ1n) is 6.22. The molecule has 1 amide bonds. The highest BCUT2D eigenvalue weighted by Gasteiger charge is 2.23. The van der Waals surface area contributed by atoms with Gasteiger partial charge in [0.15, 0.2) is 0 Å². The SMILES string of the molecule is CC(C)(C)CN1CCc2cnc(C(N)=O)nc2C1. The van der Waals surface area contributed by atoms with Gasteiger partial charge in [-0.25, -0.2) is 9.97 Å². The van der Waals surface area contributed by atoms with Gasteiger partial charge >= 0.3 is 0 Å². The number of primary amides is 1. The maximum absolute atomic E-state index is 11.1. The molecule has 1 aromatic heterocycles. The van der Waals surface area contributed by atoms with E-state index in [1.807, 2.05) is 0 Å². The first-order valence-corrected chi connectivity index (χ1v) is 6.22. The molecule has 0 spiro atoms. The summed E-state index contributed by atoms with van der Waals surface area (Å²) in [6.07, 6.45) is 2.67. The monoisotopic (exact) mass is 248 g/mol. The van der Waals surface area contributed by atoms with Crippen LogP contribution >= 0.6 is 0 Å². The van der Waals surface area contributed by atoms with Gasteiger partial charge in [0.25, 0.3) is 5.91 Å². The van der Waals surface area contributed by atoms with Gasteiger partial charge in [-0.15, -0.1) is 0 Å². The molecule has 98 valence electrons. The first-order chi connectivity index (χ1) is 8.35. The van der Waals surface area contributed by atoms with E-state index in [1.165, 1.54) is 0 Å². The summed E-state index contributed by atoms with van der Waals surface area (Å²) in [6, 6.07) is 0. The highest BCUT2D eigenvalue weighted by molar-refractivity contribution is 5.88. The molecule has 0 saturated carbocycles. The Hall–Kier alpha value is -1.49. The summed E-state index contributed by atoms with van der Waals surface area (Å²) in [4.78, 5) is 21.7. The van der Waals surface area contributed by atoms with Gasteiger partial charge in [0.2, 0.25) is 5.82 Å². The van der Waals surface area contributed by atoms with Gasteiger partial charge in [-0.2, -0.15) is 0 Å². The minimum atomic E-state index is -0.564. The van der Waals surface area contributed by atoms with Gasteiger partial charge in [-0.05, 0) is 17.4 Å². The molecule has 0 unspecified atom stereocenters. The molecule has 0 bridgehead atoms. The van der Waals surface area contributed by atoms with Crippen LogP contribution in [0.25, 0.3) is 0 Å². The molecule has 1 aliphatic heterocycles. The smallest absolute Gasteiger partial charge is 0.286 e. The molecule has 2 rings (SSSR count). The lowest BCUT2D eigenvalue weighted by atomic mass is 9.94. The van der Waals surface area contributed by atoms with Gasteiger partial charge in [0.1, 0.15) is 0 Å². The molecule has 18 heavy (non-hydrogen) atoms. The summed E-state index contributed by atoms with van der Waals surface area (Å²) >= 11 is 0. The molecule has 0 radical (unpaired) electrons. The van der Waals surface area contributed by atoms with Crippen LogP contribution in [0.4, 0.5) is 0 Å². The maximum Gasteiger partial charge on any atom is 0.286 e. The van der Waals surface area contributed by atoms with Crippen LogP contribution < -0.4 is 5.73 Å². The molecule has 5 heteroatoms. The third-order valence-corrected chi connectivity index (χ3v) is 2.94. The van der Waals surface area contributed by atoms with E-state index in [0.717, 1.165) is 37.3 Å². The Morgan fingerprint density at radius 3 is 2.83 bits per heavy atom. The second-order valence-electron chi connectivity index (χ2n) is 6.05. The summed E-state index contributed by atoms with van der Waals surface area (Å²) in [5.41, 5.74) is 7.54. The highest BCUT2D eigenvalue weighted by atomic mass is 16.1. The van der Waals surface area contributed by atoms with Crippen LogP contribution in [0, 0.1) is 5.41 Å². The topological polar surface area (TPSA) is 72.1 Å². The normalized spacial score (nSPS) is 16.4. The van der Waals surface area contributed by atoms with Gasteiger partial charge in [0.05, 0.1) is 5.69 Å². The van der Waals surface area contributed by atoms with Gasteiger partial charge in [-0.3, -0.25) is 9.69 Å². The summed E-state index contributed by atoms with van der Waals surface area (Å²) in [5, 5.41) is 0. The standard InChI is InChI=1S/C13H20N4O/c1-13(2,3)8-17-5-4-9-6-15-12(11(14)18)16-10(9)7-17/h6H,4-5,7-8H2,1-3H3,(H2,14,18). The van der Waals surface area contributed by atoms with Gasteiger partial charge in [-0.1, -0.05) is 20.8 Å². The largest absolute Gasteiger partial charge is 0.363 e. The molecular weight excluding hydrogens is 228 g/mol. The van der Waals surface area contributed by atoms with Crippen molar-refractivity contribution in [2.75, 3.05) is 13.1 Å². The number of hydrogen-bond donors (Lipinski definition) is 1. The number of nitrogens with zero attached hydrogens (tertiary/aromatic N) is 3. The second-order valence-corrected chi connectivity index (χ2v) is 6.05. The fraction of sp³-hybridized carbons (Fsp3) is 0.615. The lowest BCUT2D eigenvalue weighted by Crippen LogP contribution is -2.37. The molecule has 1 aliphatic rings.